The van der Waals surface area contributed by atoms with Gasteiger partial charge in [0.05, 0.1) is 35.1 Å². The van der Waals surface area contributed by atoms with Crippen LogP contribution in [0.1, 0.15) is 45.6 Å². The van der Waals surface area contributed by atoms with Crippen LogP contribution >= 0.6 is 34.5 Å². The Kier molecular flexibility index (Phi) is 9.45. The monoisotopic (exact) mass is 621 g/mol. The number of ether oxygens (including phenoxy) is 2. The van der Waals surface area contributed by atoms with Crippen LogP contribution in [0.25, 0.3) is 11.4 Å². The normalized spacial score (nSPS) is 19.4. The highest BCUT2D eigenvalue weighted by Gasteiger charge is 2.34. The second-order valence-corrected chi connectivity index (χ2v) is 11.8. The van der Waals surface area contributed by atoms with Crippen molar-refractivity contribution in [3.05, 3.63) is 38.7 Å². The molecule has 0 aromatic carbocycles. The van der Waals surface area contributed by atoms with E-state index in [2.05, 4.69) is 30.1 Å². The molecule has 2 saturated heterocycles. The van der Waals surface area contributed by atoms with E-state index >= 15 is 0 Å². The number of piperazine rings is 1. The highest BCUT2D eigenvalue weighted by molar-refractivity contribution is 7.17. The van der Waals surface area contributed by atoms with Gasteiger partial charge in [0.1, 0.15) is 27.8 Å². The summed E-state index contributed by atoms with van der Waals surface area (Å²) < 4.78 is 11.2. The molecule has 0 bridgehead atoms. The molecule has 0 radical (unpaired) electrons. The average Bonchev–Trinajstić information content (AvgIpc) is 3.55. The van der Waals surface area contributed by atoms with Gasteiger partial charge in [-0.25, -0.2) is 19.7 Å². The molecular formula is C27H33Cl2N7O4S. The van der Waals surface area contributed by atoms with Crippen molar-refractivity contribution in [1.82, 2.24) is 25.3 Å². The van der Waals surface area contributed by atoms with Crippen molar-refractivity contribution in [2.75, 3.05) is 62.8 Å². The number of piperidine rings is 1. The third-order valence-electron chi connectivity index (χ3n) is 7.45. The zero-order valence-electron chi connectivity index (χ0n) is 23.2. The number of ketones is 1. The van der Waals surface area contributed by atoms with E-state index in [4.69, 9.17) is 37.7 Å². The van der Waals surface area contributed by atoms with E-state index in [1.807, 2.05) is 0 Å². The first-order chi connectivity index (χ1) is 19.8. The number of nitrogens with zero attached hydrogens (tertiary/aromatic N) is 5. The predicted molar refractivity (Wildman–Crippen MR) is 160 cm³/mol. The standard InChI is InChI=1S/C27H33Cl2N7O4S/c1-4-40-26(38)25-23(17-12-32-20(13-31-17)35-9-6-30-7-10-35)34-27(41-25)36-8-5-16(19(14-36)39-3)11-18(37)24-22(29)21(28)15(2)33-24/h12-13,16,19,30,33H,4-11,14H2,1-3H3/t16-,19-/m0/s1. The second kappa shape index (κ2) is 13.0. The molecule has 14 heteroatoms. The van der Waals surface area contributed by atoms with Gasteiger partial charge in [-0.15, -0.1) is 0 Å². The predicted octanol–water partition coefficient (Wildman–Crippen LogP) is 4.24. The van der Waals surface area contributed by atoms with Crippen LogP contribution in [0.2, 0.25) is 10.0 Å². The van der Waals surface area contributed by atoms with Crippen molar-refractivity contribution in [3.8, 4) is 11.4 Å². The number of methoxy groups -OCH3 is 1. The zero-order valence-corrected chi connectivity index (χ0v) is 25.5. The van der Waals surface area contributed by atoms with Gasteiger partial charge in [0.15, 0.2) is 10.9 Å². The Bertz CT molecular complexity index is 1390. The van der Waals surface area contributed by atoms with Crippen molar-refractivity contribution < 1.29 is 19.1 Å². The minimum absolute atomic E-state index is 0.0189. The van der Waals surface area contributed by atoms with E-state index in [1.165, 1.54) is 11.3 Å². The zero-order chi connectivity index (χ0) is 29.1. The van der Waals surface area contributed by atoms with E-state index < -0.39 is 5.97 Å². The topological polar surface area (TPSA) is 126 Å². The summed E-state index contributed by atoms with van der Waals surface area (Å²) in [5, 5.41) is 4.62. The van der Waals surface area contributed by atoms with Gasteiger partial charge in [-0.3, -0.25) is 4.79 Å². The SMILES string of the molecule is CCOC(=O)c1sc(N2CC[C@@H](CC(=O)c3[nH]c(C)c(Cl)c3Cl)[C@@H](OC)C2)nc1-c1cnc(N2CCNCC2)cn1. The average molecular weight is 623 g/mol. The number of H-pyrrole nitrogens is 1. The first-order valence-electron chi connectivity index (χ1n) is 13.6. The summed E-state index contributed by atoms with van der Waals surface area (Å²) in [6, 6.07) is 0. The number of halogens is 2. The number of carbonyl (C=O) groups excluding carboxylic acids is 2. The van der Waals surface area contributed by atoms with Crippen LogP contribution in [0.4, 0.5) is 10.9 Å². The van der Waals surface area contributed by atoms with E-state index in [-0.39, 0.29) is 35.9 Å². The first kappa shape index (κ1) is 29.7. The fraction of sp³-hybridized carbons (Fsp3) is 0.519. The molecule has 41 heavy (non-hydrogen) atoms. The molecule has 11 nitrogen and oxygen atoms in total. The lowest BCUT2D eigenvalue weighted by atomic mass is 9.88. The molecule has 0 unspecified atom stereocenters. The summed E-state index contributed by atoms with van der Waals surface area (Å²) in [4.78, 5) is 47.7. The third-order valence-corrected chi connectivity index (χ3v) is 9.49. The number of hydrogen-bond donors (Lipinski definition) is 2. The van der Waals surface area contributed by atoms with Gasteiger partial charge in [0, 0.05) is 58.5 Å². The largest absolute Gasteiger partial charge is 0.462 e. The summed E-state index contributed by atoms with van der Waals surface area (Å²) in [7, 11) is 1.64. The van der Waals surface area contributed by atoms with Crippen LogP contribution in [-0.4, -0.2) is 90.8 Å². The van der Waals surface area contributed by atoms with Gasteiger partial charge >= 0.3 is 5.97 Å². The number of esters is 1. The summed E-state index contributed by atoms with van der Waals surface area (Å²) in [6.45, 7) is 8.45. The number of aromatic nitrogens is 4. The summed E-state index contributed by atoms with van der Waals surface area (Å²) in [6.07, 6.45) is 4.12. The Morgan fingerprint density at radius 3 is 2.54 bits per heavy atom. The van der Waals surface area contributed by atoms with E-state index in [9.17, 15) is 9.59 Å². The maximum absolute atomic E-state index is 13.1. The van der Waals surface area contributed by atoms with Gasteiger partial charge in [-0.05, 0) is 26.2 Å². The summed E-state index contributed by atoms with van der Waals surface area (Å²) in [5.41, 5.74) is 1.95. The molecule has 5 rings (SSSR count). The molecule has 2 aliphatic heterocycles. The second-order valence-electron chi connectivity index (χ2n) is 10.0. The molecule has 220 valence electrons. The van der Waals surface area contributed by atoms with Crippen molar-refractivity contribution in [1.29, 1.82) is 0 Å². The van der Waals surface area contributed by atoms with Crippen molar-refractivity contribution >= 4 is 57.2 Å². The van der Waals surface area contributed by atoms with Crippen LogP contribution in [0, 0.1) is 12.8 Å². The minimum atomic E-state index is -0.445. The highest BCUT2D eigenvalue weighted by Crippen LogP contribution is 2.37. The van der Waals surface area contributed by atoms with Gasteiger partial charge in [0.25, 0.3) is 0 Å². The fourth-order valence-electron chi connectivity index (χ4n) is 5.20. The smallest absolute Gasteiger partial charge is 0.350 e. The molecule has 0 spiro atoms. The molecule has 3 aromatic rings. The van der Waals surface area contributed by atoms with Gasteiger partial charge < -0.3 is 29.6 Å². The first-order valence-corrected chi connectivity index (χ1v) is 15.2. The lowest BCUT2D eigenvalue weighted by Crippen LogP contribution is -2.45. The lowest BCUT2D eigenvalue weighted by molar-refractivity contribution is 0.0375. The van der Waals surface area contributed by atoms with Gasteiger partial charge in [0.2, 0.25) is 0 Å². The number of aromatic amines is 1. The number of Topliss-reactive ketones (excluding diaryl/α,β-unsaturated/α-hetero) is 1. The molecule has 0 aliphatic carbocycles. The lowest BCUT2D eigenvalue weighted by Gasteiger charge is -2.37. The number of aryl methyl sites for hydroxylation is 1. The summed E-state index contributed by atoms with van der Waals surface area (Å²) in [5.74, 6) is 0.227. The Morgan fingerprint density at radius 2 is 1.90 bits per heavy atom. The highest BCUT2D eigenvalue weighted by atomic mass is 35.5. The molecule has 0 amide bonds. The van der Waals surface area contributed by atoms with Crippen LogP contribution in [0.3, 0.4) is 0 Å². The quantitative estimate of drug-likeness (QED) is 0.264. The van der Waals surface area contributed by atoms with Crippen LogP contribution in [0.15, 0.2) is 12.4 Å². The molecule has 2 N–H and O–H groups in total. The van der Waals surface area contributed by atoms with Gasteiger partial charge in [-0.2, -0.15) is 0 Å². The van der Waals surface area contributed by atoms with Crippen LogP contribution < -0.4 is 15.1 Å². The van der Waals surface area contributed by atoms with Crippen LogP contribution in [0.5, 0.6) is 0 Å². The van der Waals surface area contributed by atoms with Crippen molar-refractivity contribution in [2.45, 2.75) is 32.8 Å². The van der Waals surface area contributed by atoms with Crippen molar-refractivity contribution in [3.63, 3.8) is 0 Å². The Morgan fingerprint density at radius 1 is 1.12 bits per heavy atom. The van der Waals surface area contributed by atoms with Crippen molar-refractivity contribution in [2.24, 2.45) is 5.92 Å². The Hall–Kier alpha value is -2.77. The van der Waals surface area contributed by atoms with Crippen LogP contribution in [-0.2, 0) is 9.47 Å². The molecule has 0 saturated carbocycles. The molecule has 2 fully saturated rings. The molecular weight excluding hydrogens is 589 g/mol. The minimum Gasteiger partial charge on any atom is -0.462 e. The molecule has 3 aromatic heterocycles. The fourth-order valence-corrected chi connectivity index (χ4v) is 6.64. The number of thiazole rings is 1. The van der Waals surface area contributed by atoms with E-state index in [0.29, 0.717) is 57.3 Å². The number of hydrogen-bond acceptors (Lipinski definition) is 11. The summed E-state index contributed by atoms with van der Waals surface area (Å²) >= 11 is 13.7. The number of rotatable bonds is 9. The third kappa shape index (κ3) is 6.36. The molecule has 2 atom stereocenters. The van der Waals surface area contributed by atoms with E-state index in [0.717, 1.165) is 32.0 Å². The Labute approximate surface area is 252 Å². The van der Waals surface area contributed by atoms with Gasteiger partial charge in [-0.1, -0.05) is 34.5 Å². The Balaban J connectivity index is 1.34. The molecule has 5 heterocycles. The maximum atomic E-state index is 13.1. The van der Waals surface area contributed by atoms with E-state index in [1.54, 1.807) is 33.4 Å². The number of carbonyl (C=O) groups is 2. The maximum Gasteiger partial charge on any atom is 0.350 e. The molecule has 2 aliphatic rings. The number of nitrogens with one attached hydrogen (secondary N) is 2. The number of anilines is 2.